The quantitative estimate of drug-likeness (QED) is 0.878. The first kappa shape index (κ1) is 15.3. The molecule has 0 bridgehead atoms. The normalized spacial score (nSPS) is 14.3. The molecule has 2 aromatic carbocycles. The van der Waals surface area contributed by atoms with E-state index in [4.69, 9.17) is 4.74 Å². The monoisotopic (exact) mass is 358 g/mol. The lowest BCUT2D eigenvalue weighted by atomic mass is 10.1. The third kappa shape index (κ3) is 4.18. The number of hydrogen-bond donors (Lipinski definition) is 1. The van der Waals surface area contributed by atoms with E-state index in [-0.39, 0.29) is 0 Å². The van der Waals surface area contributed by atoms with Crippen LogP contribution in [0.1, 0.15) is 23.1 Å². The van der Waals surface area contributed by atoms with Gasteiger partial charge in [0.15, 0.2) is 0 Å². The van der Waals surface area contributed by atoms with Crippen molar-refractivity contribution in [2.75, 3.05) is 13.1 Å². The molecule has 0 saturated heterocycles. The number of ether oxygens (including phenoxy) is 1. The van der Waals surface area contributed by atoms with Crippen molar-refractivity contribution in [2.45, 2.75) is 19.6 Å². The summed E-state index contributed by atoms with van der Waals surface area (Å²) in [6.45, 7) is 3.14. The van der Waals surface area contributed by atoms with Crippen molar-refractivity contribution in [1.29, 1.82) is 0 Å². The highest BCUT2D eigenvalue weighted by Gasteiger charge is 2.07. The van der Waals surface area contributed by atoms with Gasteiger partial charge in [-0.3, -0.25) is 4.99 Å². The first-order valence-electron chi connectivity index (χ1n) is 7.51. The number of benzene rings is 2. The number of nitrogens with zero attached hydrogens (tertiary/aromatic N) is 1. The van der Waals surface area contributed by atoms with Crippen LogP contribution in [0, 0.1) is 0 Å². The van der Waals surface area contributed by atoms with Gasteiger partial charge in [0, 0.05) is 23.1 Å². The number of nitrogens with one attached hydrogen (secondary N) is 1. The zero-order valence-corrected chi connectivity index (χ0v) is 14.0. The molecule has 0 spiro atoms. The van der Waals surface area contributed by atoms with E-state index in [1.807, 2.05) is 12.1 Å². The molecule has 0 unspecified atom stereocenters. The minimum atomic E-state index is 0.608. The Balaban J connectivity index is 1.58. The van der Waals surface area contributed by atoms with E-state index in [1.54, 1.807) is 0 Å². The Hall–Kier alpha value is -1.65. The molecule has 2 aromatic rings. The van der Waals surface area contributed by atoms with Crippen LogP contribution in [-0.4, -0.2) is 18.9 Å². The Labute approximate surface area is 139 Å². The summed E-state index contributed by atoms with van der Waals surface area (Å²) >= 11 is 3.44. The molecule has 1 heterocycles. The fourth-order valence-corrected chi connectivity index (χ4v) is 2.67. The summed E-state index contributed by atoms with van der Waals surface area (Å²) in [7, 11) is 0. The first-order valence-corrected chi connectivity index (χ1v) is 8.30. The number of aliphatic imine (C=N–C) groups is 1. The van der Waals surface area contributed by atoms with Gasteiger partial charge < -0.3 is 10.1 Å². The van der Waals surface area contributed by atoms with Crippen LogP contribution < -0.4 is 5.32 Å². The van der Waals surface area contributed by atoms with Crippen molar-refractivity contribution in [3.63, 3.8) is 0 Å². The molecular formula is C18H19BrN2O. The topological polar surface area (TPSA) is 33.6 Å². The third-order valence-electron chi connectivity index (χ3n) is 3.55. The molecule has 22 heavy (non-hydrogen) atoms. The maximum Gasteiger partial charge on any atom is 0.128 e. The van der Waals surface area contributed by atoms with Gasteiger partial charge in [-0.05, 0) is 35.7 Å². The molecule has 1 aliphatic heterocycles. The summed E-state index contributed by atoms with van der Waals surface area (Å²) in [5.41, 5.74) is 3.49. The maximum atomic E-state index is 5.81. The van der Waals surface area contributed by atoms with Gasteiger partial charge in [0.1, 0.15) is 5.84 Å². The highest BCUT2D eigenvalue weighted by atomic mass is 79.9. The average Bonchev–Trinajstić information content (AvgIpc) is 2.58. The minimum Gasteiger partial charge on any atom is -0.372 e. The summed E-state index contributed by atoms with van der Waals surface area (Å²) < 4.78 is 6.90. The second-order valence-electron chi connectivity index (χ2n) is 5.33. The van der Waals surface area contributed by atoms with Crippen molar-refractivity contribution < 1.29 is 4.74 Å². The van der Waals surface area contributed by atoms with E-state index in [2.05, 4.69) is 62.6 Å². The largest absolute Gasteiger partial charge is 0.372 e. The van der Waals surface area contributed by atoms with Crippen molar-refractivity contribution in [3.8, 4) is 0 Å². The van der Waals surface area contributed by atoms with E-state index >= 15 is 0 Å². The molecule has 114 valence electrons. The molecule has 0 aliphatic carbocycles. The number of halogens is 1. The van der Waals surface area contributed by atoms with Gasteiger partial charge in [0.2, 0.25) is 0 Å². The van der Waals surface area contributed by atoms with Crippen LogP contribution in [0.3, 0.4) is 0 Å². The van der Waals surface area contributed by atoms with E-state index in [9.17, 15) is 0 Å². The van der Waals surface area contributed by atoms with Crippen molar-refractivity contribution in [1.82, 2.24) is 5.32 Å². The second-order valence-corrected chi connectivity index (χ2v) is 6.25. The molecular weight excluding hydrogens is 340 g/mol. The van der Waals surface area contributed by atoms with Gasteiger partial charge >= 0.3 is 0 Å². The number of hydrogen-bond acceptors (Lipinski definition) is 3. The van der Waals surface area contributed by atoms with Crippen molar-refractivity contribution >= 4 is 21.8 Å². The molecule has 0 saturated carbocycles. The molecule has 0 radical (unpaired) electrons. The SMILES string of the molecule is Brc1ccc(COCc2cccc(C3=NCCCN3)c2)cc1. The summed E-state index contributed by atoms with van der Waals surface area (Å²) in [5, 5.41) is 3.35. The molecule has 3 nitrogen and oxygen atoms in total. The van der Waals surface area contributed by atoms with E-state index in [1.165, 1.54) is 11.1 Å². The average molecular weight is 359 g/mol. The van der Waals surface area contributed by atoms with Gasteiger partial charge in [0.05, 0.1) is 13.2 Å². The maximum absolute atomic E-state index is 5.81. The van der Waals surface area contributed by atoms with Gasteiger partial charge in [-0.15, -0.1) is 0 Å². The lowest BCUT2D eigenvalue weighted by molar-refractivity contribution is 0.107. The van der Waals surface area contributed by atoms with Crippen LogP contribution in [0.4, 0.5) is 0 Å². The molecule has 1 N–H and O–H groups in total. The van der Waals surface area contributed by atoms with Gasteiger partial charge in [0.25, 0.3) is 0 Å². The lowest BCUT2D eigenvalue weighted by Crippen LogP contribution is -2.30. The van der Waals surface area contributed by atoms with Crippen molar-refractivity contribution in [3.05, 3.63) is 69.7 Å². The predicted octanol–water partition coefficient (Wildman–Crippen LogP) is 3.91. The van der Waals surface area contributed by atoms with Crippen LogP contribution in [0.2, 0.25) is 0 Å². The fourth-order valence-electron chi connectivity index (χ4n) is 2.40. The zero-order chi connectivity index (χ0) is 15.2. The second kappa shape index (κ2) is 7.56. The van der Waals surface area contributed by atoms with E-state index in [0.717, 1.165) is 35.4 Å². The molecule has 0 amide bonds. The summed E-state index contributed by atoms with van der Waals surface area (Å²) in [5.74, 6) is 1.00. The first-order chi connectivity index (χ1) is 10.8. The Bertz CT molecular complexity index is 652. The number of amidine groups is 1. The summed E-state index contributed by atoms with van der Waals surface area (Å²) in [4.78, 5) is 4.54. The summed E-state index contributed by atoms with van der Waals surface area (Å²) in [6.07, 6.45) is 1.11. The highest BCUT2D eigenvalue weighted by Crippen LogP contribution is 2.13. The van der Waals surface area contributed by atoms with Crippen LogP contribution in [0.15, 0.2) is 58.0 Å². The summed E-state index contributed by atoms with van der Waals surface area (Å²) in [6, 6.07) is 16.6. The Morgan fingerprint density at radius 2 is 1.86 bits per heavy atom. The Morgan fingerprint density at radius 3 is 2.64 bits per heavy atom. The number of rotatable bonds is 5. The molecule has 3 rings (SSSR count). The lowest BCUT2D eigenvalue weighted by Gasteiger charge is -2.15. The van der Waals surface area contributed by atoms with E-state index < -0.39 is 0 Å². The molecule has 0 atom stereocenters. The zero-order valence-electron chi connectivity index (χ0n) is 12.4. The molecule has 0 aromatic heterocycles. The standard InChI is InChI=1S/C18H19BrN2O/c19-17-7-5-14(6-8-17)12-22-13-15-3-1-4-16(11-15)18-20-9-2-10-21-18/h1,3-8,11H,2,9-10,12-13H2,(H,20,21). The molecule has 4 heteroatoms. The minimum absolute atomic E-state index is 0.608. The molecule has 0 fully saturated rings. The van der Waals surface area contributed by atoms with Crippen LogP contribution in [-0.2, 0) is 18.0 Å². The van der Waals surface area contributed by atoms with Crippen LogP contribution in [0.5, 0.6) is 0 Å². The van der Waals surface area contributed by atoms with E-state index in [0.29, 0.717) is 13.2 Å². The van der Waals surface area contributed by atoms with Gasteiger partial charge in [-0.2, -0.15) is 0 Å². The van der Waals surface area contributed by atoms with Gasteiger partial charge in [-0.25, -0.2) is 0 Å². The van der Waals surface area contributed by atoms with Crippen molar-refractivity contribution in [2.24, 2.45) is 4.99 Å². The highest BCUT2D eigenvalue weighted by molar-refractivity contribution is 9.10. The smallest absolute Gasteiger partial charge is 0.128 e. The van der Waals surface area contributed by atoms with Gasteiger partial charge in [-0.1, -0.05) is 46.3 Å². The third-order valence-corrected chi connectivity index (χ3v) is 4.08. The Kier molecular flexibility index (Phi) is 5.24. The fraction of sp³-hybridized carbons (Fsp3) is 0.278. The predicted molar refractivity (Wildman–Crippen MR) is 93.1 cm³/mol. The van der Waals surface area contributed by atoms with Crippen LogP contribution >= 0.6 is 15.9 Å². The molecule has 1 aliphatic rings. The van der Waals surface area contributed by atoms with Crippen LogP contribution in [0.25, 0.3) is 0 Å². The Morgan fingerprint density at radius 1 is 1.05 bits per heavy atom.